The molecule has 8 heteroatoms. The van der Waals surface area contributed by atoms with Gasteiger partial charge >= 0.3 is 12.2 Å². The standard InChI is InChI=1S/C12H13N3O5/c16-10(7-19-11(17)14-4-1-2-5-14)8-20-12(18)15-6-3-13-9-15/h1-6,9-10,16H,7-8H2. The van der Waals surface area contributed by atoms with Crippen LogP contribution in [0.1, 0.15) is 0 Å². The molecule has 0 saturated carbocycles. The third-order valence-corrected chi connectivity index (χ3v) is 2.33. The van der Waals surface area contributed by atoms with Crippen molar-refractivity contribution in [3.05, 3.63) is 43.2 Å². The second-order valence-corrected chi connectivity index (χ2v) is 3.87. The van der Waals surface area contributed by atoms with Crippen LogP contribution in [0.15, 0.2) is 43.2 Å². The maximum atomic E-state index is 11.4. The third-order valence-electron chi connectivity index (χ3n) is 2.33. The van der Waals surface area contributed by atoms with Crippen LogP contribution >= 0.6 is 0 Å². The Kier molecular flexibility index (Phi) is 4.51. The molecule has 0 saturated heterocycles. The Morgan fingerprint density at radius 3 is 2.20 bits per heavy atom. The molecular weight excluding hydrogens is 266 g/mol. The summed E-state index contributed by atoms with van der Waals surface area (Å²) >= 11 is 0. The van der Waals surface area contributed by atoms with Gasteiger partial charge in [-0.05, 0) is 12.1 Å². The maximum absolute atomic E-state index is 11.4. The van der Waals surface area contributed by atoms with E-state index < -0.39 is 18.3 Å². The molecule has 0 aromatic carbocycles. The van der Waals surface area contributed by atoms with Crippen molar-refractivity contribution < 1.29 is 24.2 Å². The molecular formula is C12H13N3O5. The van der Waals surface area contributed by atoms with E-state index in [4.69, 9.17) is 9.47 Å². The van der Waals surface area contributed by atoms with Gasteiger partial charge in [-0.1, -0.05) is 0 Å². The first kappa shape index (κ1) is 13.8. The van der Waals surface area contributed by atoms with Gasteiger partial charge in [0, 0.05) is 24.8 Å². The Hall–Kier alpha value is -2.61. The molecule has 106 valence electrons. The van der Waals surface area contributed by atoms with E-state index in [-0.39, 0.29) is 13.2 Å². The van der Waals surface area contributed by atoms with E-state index >= 15 is 0 Å². The minimum Gasteiger partial charge on any atom is -0.446 e. The van der Waals surface area contributed by atoms with Crippen molar-refractivity contribution >= 4 is 12.2 Å². The molecule has 0 radical (unpaired) electrons. The summed E-state index contributed by atoms with van der Waals surface area (Å²) in [6.45, 7) is -0.551. The van der Waals surface area contributed by atoms with Crippen LogP contribution in [-0.4, -0.2) is 50.7 Å². The van der Waals surface area contributed by atoms with Gasteiger partial charge in [0.05, 0.1) is 0 Å². The van der Waals surface area contributed by atoms with Crippen LogP contribution in [0.2, 0.25) is 0 Å². The lowest BCUT2D eigenvalue weighted by Crippen LogP contribution is -2.27. The molecule has 0 bridgehead atoms. The lowest BCUT2D eigenvalue weighted by molar-refractivity contribution is 0.0233. The quantitative estimate of drug-likeness (QED) is 0.885. The molecule has 1 N–H and O–H groups in total. The van der Waals surface area contributed by atoms with Crippen molar-refractivity contribution in [2.24, 2.45) is 0 Å². The fraction of sp³-hybridized carbons (Fsp3) is 0.250. The largest absolute Gasteiger partial charge is 0.446 e. The van der Waals surface area contributed by atoms with Gasteiger partial charge in [0.2, 0.25) is 0 Å². The molecule has 2 aromatic heterocycles. The highest BCUT2D eigenvalue weighted by molar-refractivity contribution is 5.70. The normalized spacial score (nSPS) is 11.8. The fourth-order valence-electron chi connectivity index (χ4n) is 1.36. The third kappa shape index (κ3) is 3.69. The molecule has 0 aliphatic rings. The van der Waals surface area contributed by atoms with Crippen molar-refractivity contribution in [2.75, 3.05) is 13.2 Å². The van der Waals surface area contributed by atoms with Crippen molar-refractivity contribution in [1.29, 1.82) is 0 Å². The minimum atomic E-state index is -1.10. The van der Waals surface area contributed by atoms with Crippen LogP contribution in [0.25, 0.3) is 0 Å². The molecule has 1 unspecified atom stereocenters. The van der Waals surface area contributed by atoms with E-state index in [9.17, 15) is 14.7 Å². The number of carbonyl (C=O) groups is 2. The summed E-state index contributed by atoms with van der Waals surface area (Å²) in [6, 6.07) is 3.34. The first-order valence-electron chi connectivity index (χ1n) is 5.80. The second-order valence-electron chi connectivity index (χ2n) is 3.87. The molecule has 2 heterocycles. The van der Waals surface area contributed by atoms with Gasteiger partial charge < -0.3 is 14.6 Å². The van der Waals surface area contributed by atoms with E-state index in [1.807, 2.05) is 0 Å². The van der Waals surface area contributed by atoms with Gasteiger partial charge in [-0.3, -0.25) is 4.57 Å². The van der Waals surface area contributed by atoms with Crippen LogP contribution in [0, 0.1) is 0 Å². The summed E-state index contributed by atoms with van der Waals surface area (Å²) in [5.74, 6) is 0. The number of hydrogen-bond acceptors (Lipinski definition) is 6. The van der Waals surface area contributed by atoms with Crippen molar-refractivity contribution in [3.8, 4) is 0 Å². The highest BCUT2D eigenvalue weighted by atomic mass is 16.6. The zero-order chi connectivity index (χ0) is 14.4. The lowest BCUT2D eigenvalue weighted by Gasteiger charge is -2.12. The number of carbonyl (C=O) groups excluding carboxylic acids is 2. The average molecular weight is 279 g/mol. The summed E-state index contributed by atoms with van der Waals surface area (Å²) < 4.78 is 12.0. The number of nitrogens with zero attached hydrogens (tertiary/aromatic N) is 3. The number of ether oxygens (including phenoxy) is 2. The number of aliphatic hydroxyl groups is 1. The summed E-state index contributed by atoms with van der Waals surface area (Å²) in [4.78, 5) is 26.5. The fourth-order valence-corrected chi connectivity index (χ4v) is 1.36. The molecule has 8 nitrogen and oxygen atoms in total. The molecule has 0 amide bonds. The van der Waals surface area contributed by atoms with Crippen LogP contribution in [0.3, 0.4) is 0 Å². The van der Waals surface area contributed by atoms with E-state index in [0.717, 1.165) is 4.57 Å². The second kappa shape index (κ2) is 6.53. The summed E-state index contributed by atoms with van der Waals surface area (Å²) in [5, 5.41) is 9.55. The number of hydrogen-bond donors (Lipinski definition) is 1. The monoisotopic (exact) mass is 279 g/mol. The zero-order valence-electron chi connectivity index (χ0n) is 10.5. The van der Waals surface area contributed by atoms with E-state index in [0.29, 0.717) is 0 Å². The van der Waals surface area contributed by atoms with Crippen LogP contribution in [0.5, 0.6) is 0 Å². The molecule has 2 rings (SSSR count). The number of imidazole rings is 1. The summed E-state index contributed by atoms with van der Waals surface area (Å²) in [6.07, 6.45) is 4.79. The summed E-state index contributed by atoms with van der Waals surface area (Å²) in [7, 11) is 0. The Balaban J connectivity index is 1.69. The van der Waals surface area contributed by atoms with Gasteiger partial charge in [-0.15, -0.1) is 0 Å². The van der Waals surface area contributed by atoms with Gasteiger partial charge in [0.25, 0.3) is 0 Å². The molecule has 0 aliphatic carbocycles. The first-order chi connectivity index (χ1) is 9.66. The van der Waals surface area contributed by atoms with Crippen molar-refractivity contribution in [2.45, 2.75) is 6.10 Å². The van der Waals surface area contributed by atoms with Crippen LogP contribution in [-0.2, 0) is 9.47 Å². The molecule has 0 spiro atoms. The highest BCUT2D eigenvalue weighted by Gasteiger charge is 2.13. The van der Waals surface area contributed by atoms with Gasteiger partial charge in [-0.2, -0.15) is 0 Å². The van der Waals surface area contributed by atoms with Gasteiger partial charge in [0.15, 0.2) is 0 Å². The van der Waals surface area contributed by atoms with E-state index in [2.05, 4.69) is 4.98 Å². The zero-order valence-corrected chi connectivity index (χ0v) is 10.5. The Morgan fingerprint density at radius 1 is 1.05 bits per heavy atom. The lowest BCUT2D eigenvalue weighted by atomic mass is 10.4. The van der Waals surface area contributed by atoms with Crippen molar-refractivity contribution in [3.63, 3.8) is 0 Å². The highest BCUT2D eigenvalue weighted by Crippen LogP contribution is 1.97. The smallest absolute Gasteiger partial charge is 0.419 e. The Morgan fingerprint density at radius 2 is 1.65 bits per heavy atom. The Labute approximate surface area is 114 Å². The SMILES string of the molecule is O=C(OCC(O)COC(=O)n1ccnc1)n1cccc1. The minimum absolute atomic E-state index is 0.270. The molecule has 0 aliphatic heterocycles. The van der Waals surface area contributed by atoms with Crippen molar-refractivity contribution in [1.82, 2.24) is 14.1 Å². The molecule has 0 fully saturated rings. The molecule has 1 atom stereocenters. The van der Waals surface area contributed by atoms with Gasteiger partial charge in [0.1, 0.15) is 25.6 Å². The number of rotatable bonds is 4. The van der Waals surface area contributed by atoms with E-state index in [1.54, 1.807) is 12.1 Å². The number of aliphatic hydroxyl groups excluding tert-OH is 1. The molecule has 20 heavy (non-hydrogen) atoms. The predicted octanol–water partition coefficient (Wildman–Crippen LogP) is 0.715. The summed E-state index contributed by atoms with van der Waals surface area (Å²) in [5.41, 5.74) is 0. The van der Waals surface area contributed by atoms with E-state index in [1.165, 1.54) is 35.7 Å². The predicted molar refractivity (Wildman–Crippen MR) is 66.2 cm³/mol. The van der Waals surface area contributed by atoms with Crippen LogP contribution < -0.4 is 0 Å². The van der Waals surface area contributed by atoms with Crippen LogP contribution in [0.4, 0.5) is 9.59 Å². The molecule has 2 aromatic rings. The average Bonchev–Trinajstić information content (AvgIpc) is 3.14. The Bertz CT molecular complexity index is 499. The first-order valence-corrected chi connectivity index (χ1v) is 5.80. The maximum Gasteiger partial charge on any atom is 0.419 e. The van der Waals surface area contributed by atoms with Gasteiger partial charge in [-0.25, -0.2) is 19.1 Å². The number of aromatic nitrogens is 3. The topological polar surface area (TPSA) is 95.6 Å².